The molecule has 0 saturated carbocycles. The fraction of sp³-hybridized carbons (Fsp3) is 0.364. The number of hydrogen-bond donors (Lipinski definition) is 0. The third-order valence-corrected chi connectivity index (χ3v) is 1.99. The standard InChI is InChI=1S/C11H11F3O2/c1-3-16-10-6-8(11(12,13)14)4-5-9(10)7(2)15/h4-6H,3H2,1-2H3. The van der Waals surface area contributed by atoms with Crippen molar-refractivity contribution in [2.24, 2.45) is 0 Å². The molecule has 0 aliphatic heterocycles. The highest BCUT2D eigenvalue weighted by molar-refractivity contribution is 5.96. The van der Waals surface area contributed by atoms with Gasteiger partial charge in [-0.3, -0.25) is 4.79 Å². The van der Waals surface area contributed by atoms with Gasteiger partial charge >= 0.3 is 6.18 Å². The summed E-state index contributed by atoms with van der Waals surface area (Å²) in [4.78, 5) is 11.1. The summed E-state index contributed by atoms with van der Waals surface area (Å²) >= 11 is 0. The highest BCUT2D eigenvalue weighted by Gasteiger charge is 2.31. The van der Waals surface area contributed by atoms with Crippen LogP contribution in [0.5, 0.6) is 5.75 Å². The van der Waals surface area contributed by atoms with Crippen molar-refractivity contribution in [3.8, 4) is 5.75 Å². The lowest BCUT2D eigenvalue weighted by atomic mass is 10.1. The molecule has 0 bridgehead atoms. The van der Waals surface area contributed by atoms with E-state index < -0.39 is 11.7 Å². The molecule has 0 amide bonds. The van der Waals surface area contributed by atoms with Crippen LogP contribution in [-0.2, 0) is 6.18 Å². The Morgan fingerprint density at radius 2 is 2.00 bits per heavy atom. The zero-order chi connectivity index (χ0) is 12.3. The zero-order valence-corrected chi connectivity index (χ0v) is 8.89. The van der Waals surface area contributed by atoms with Crippen LogP contribution in [0, 0.1) is 0 Å². The van der Waals surface area contributed by atoms with Crippen molar-refractivity contribution in [1.82, 2.24) is 0 Å². The van der Waals surface area contributed by atoms with Crippen LogP contribution >= 0.6 is 0 Å². The summed E-state index contributed by atoms with van der Waals surface area (Å²) < 4.78 is 42.2. The number of ether oxygens (including phenoxy) is 1. The molecule has 0 aromatic heterocycles. The first-order valence-electron chi connectivity index (χ1n) is 4.71. The number of halogens is 3. The van der Waals surface area contributed by atoms with Crippen molar-refractivity contribution in [3.63, 3.8) is 0 Å². The normalized spacial score (nSPS) is 11.3. The Bertz CT molecular complexity index is 397. The number of Topliss-reactive ketones (excluding diaryl/α,β-unsaturated/α-hetero) is 1. The first kappa shape index (κ1) is 12.5. The smallest absolute Gasteiger partial charge is 0.416 e. The maximum atomic E-state index is 12.4. The molecule has 1 rings (SSSR count). The highest BCUT2D eigenvalue weighted by atomic mass is 19.4. The van der Waals surface area contributed by atoms with Crippen LogP contribution in [0.25, 0.3) is 0 Å². The molecule has 0 atom stereocenters. The van der Waals surface area contributed by atoms with Gasteiger partial charge in [-0.05, 0) is 32.0 Å². The molecular weight excluding hydrogens is 221 g/mol. The number of hydrogen-bond acceptors (Lipinski definition) is 2. The molecule has 88 valence electrons. The van der Waals surface area contributed by atoms with E-state index in [1.807, 2.05) is 0 Å². The molecule has 0 N–H and O–H groups in total. The molecule has 0 radical (unpaired) electrons. The topological polar surface area (TPSA) is 26.3 Å². The van der Waals surface area contributed by atoms with Gasteiger partial charge in [-0.1, -0.05) is 0 Å². The summed E-state index contributed by atoms with van der Waals surface area (Å²) in [6.07, 6.45) is -4.43. The lowest BCUT2D eigenvalue weighted by molar-refractivity contribution is -0.137. The van der Waals surface area contributed by atoms with Crippen molar-refractivity contribution in [3.05, 3.63) is 29.3 Å². The summed E-state index contributed by atoms with van der Waals surface area (Å²) in [7, 11) is 0. The fourth-order valence-corrected chi connectivity index (χ4v) is 1.26. The van der Waals surface area contributed by atoms with Gasteiger partial charge in [-0.25, -0.2) is 0 Å². The Kier molecular flexibility index (Phi) is 3.57. The molecule has 2 nitrogen and oxygen atoms in total. The molecule has 0 unspecified atom stereocenters. The summed E-state index contributed by atoms with van der Waals surface area (Å²) in [6.45, 7) is 3.14. The monoisotopic (exact) mass is 232 g/mol. The van der Waals surface area contributed by atoms with Crippen molar-refractivity contribution in [1.29, 1.82) is 0 Å². The molecule has 0 spiro atoms. The van der Waals surface area contributed by atoms with Gasteiger partial charge in [0.2, 0.25) is 0 Å². The highest BCUT2D eigenvalue weighted by Crippen LogP contribution is 2.33. The predicted octanol–water partition coefficient (Wildman–Crippen LogP) is 3.31. The van der Waals surface area contributed by atoms with Gasteiger partial charge < -0.3 is 4.74 Å². The van der Waals surface area contributed by atoms with Crippen molar-refractivity contribution in [2.45, 2.75) is 20.0 Å². The average molecular weight is 232 g/mol. The minimum absolute atomic E-state index is 0.0233. The van der Waals surface area contributed by atoms with Gasteiger partial charge in [-0.2, -0.15) is 13.2 Å². The van der Waals surface area contributed by atoms with Crippen molar-refractivity contribution >= 4 is 5.78 Å². The number of rotatable bonds is 3. The SMILES string of the molecule is CCOc1cc(C(F)(F)F)ccc1C(C)=O. The van der Waals surface area contributed by atoms with E-state index in [4.69, 9.17) is 4.74 Å². The molecule has 5 heteroatoms. The molecule has 0 saturated heterocycles. The average Bonchev–Trinajstić information content (AvgIpc) is 2.16. The van der Waals surface area contributed by atoms with Gasteiger partial charge in [-0.15, -0.1) is 0 Å². The second-order valence-electron chi connectivity index (χ2n) is 3.20. The lowest BCUT2D eigenvalue weighted by Gasteiger charge is -2.12. The van der Waals surface area contributed by atoms with Crippen molar-refractivity contribution in [2.75, 3.05) is 6.61 Å². The first-order valence-corrected chi connectivity index (χ1v) is 4.71. The van der Waals surface area contributed by atoms with Crippen LogP contribution in [0.2, 0.25) is 0 Å². The van der Waals surface area contributed by atoms with Gasteiger partial charge in [0.05, 0.1) is 17.7 Å². The Morgan fingerprint density at radius 1 is 1.38 bits per heavy atom. The molecule has 0 heterocycles. The number of benzene rings is 1. The van der Waals surface area contributed by atoms with E-state index >= 15 is 0 Å². The van der Waals surface area contributed by atoms with Crippen LogP contribution in [0.4, 0.5) is 13.2 Å². The number of carbonyl (C=O) groups excluding carboxylic acids is 1. The van der Waals surface area contributed by atoms with Gasteiger partial charge in [0.25, 0.3) is 0 Å². The molecule has 0 aliphatic carbocycles. The molecule has 16 heavy (non-hydrogen) atoms. The Hall–Kier alpha value is -1.52. The fourth-order valence-electron chi connectivity index (χ4n) is 1.26. The van der Waals surface area contributed by atoms with Gasteiger partial charge in [0, 0.05) is 0 Å². The van der Waals surface area contributed by atoms with E-state index in [0.29, 0.717) is 0 Å². The number of carbonyl (C=O) groups is 1. The molecular formula is C11H11F3O2. The summed E-state index contributed by atoms with van der Waals surface area (Å²) in [5.74, 6) is -0.345. The van der Waals surface area contributed by atoms with E-state index in [2.05, 4.69) is 0 Å². The quantitative estimate of drug-likeness (QED) is 0.747. The second-order valence-corrected chi connectivity index (χ2v) is 3.20. The maximum absolute atomic E-state index is 12.4. The zero-order valence-electron chi connectivity index (χ0n) is 8.89. The van der Waals surface area contributed by atoms with Crippen LogP contribution in [0.1, 0.15) is 29.8 Å². The number of ketones is 1. The largest absolute Gasteiger partial charge is 0.493 e. The summed E-state index contributed by atoms with van der Waals surface area (Å²) in [6, 6.07) is 2.86. The lowest BCUT2D eigenvalue weighted by Crippen LogP contribution is -2.08. The summed E-state index contributed by atoms with van der Waals surface area (Å²) in [5, 5.41) is 0. The van der Waals surface area contributed by atoms with Crippen LogP contribution in [0.15, 0.2) is 18.2 Å². The minimum atomic E-state index is -4.43. The van der Waals surface area contributed by atoms with Crippen LogP contribution in [-0.4, -0.2) is 12.4 Å². The molecule has 0 aliphatic rings. The third-order valence-electron chi connectivity index (χ3n) is 1.99. The number of alkyl halides is 3. The summed E-state index contributed by atoms with van der Waals surface area (Å²) in [5.41, 5.74) is -0.657. The molecule has 1 aromatic carbocycles. The van der Waals surface area contributed by atoms with E-state index in [1.54, 1.807) is 6.92 Å². The van der Waals surface area contributed by atoms with E-state index in [0.717, 1.165) is 18.2 Å². The first-order chi connectivity index (χ1) is 7.36. The van der Waals surface area contributed by atoms with Crippen LogP contribution < -0.4 is 4.74 Å². The van der Waals surface area contributed by atoms with Crippen LogP contribution in [0.3, 0.4) is 0 Å². The predicted molar refractivity (Wildman–Crippen MR) is 52.6 cm³/mol. The third kappa shape index (κ3) is 2.74. The van der Waals surface area contributed by atoms with Gasteiger partial charge in [0.15, 0.2) is 5.78 Å². The van der Waals surface area contributed by atoms with E-state index in [1.165, 1.54) is 6.92 Å². The maximum Gasteiger partial charge on any atom is 0.416 e. The van der Waals surface area contributed by atoms with Gasteiger partial charge in [0.1, 0.15) is 5.75 Å². The van der Waals surface area contributed by atoms with Crippen molar-refractivity contribution < 1.29 is 22.7 Å². The van der Waals surface area contributed by atoms with E-state index in [9.17, 15) is 18.0 Å². The Morgan fingerprint density at radius 3 is 2.44 bits per heavy atom. The molecule has 0 fully saturated rings. The Balaban J connectivity index is 3.22. The molecule has 1 aromatic rings. The Labute approximate surface area is 91.0 Å². The second kappa shape index (κ2) is 4.55. The van der Waals surface area contributed by atoms with E-state index in [-0.39, 0.29) is 23.7 Å². The minimum Gasteiger partial charge on any atom is -0.493 e.